The first kappa shape index (κ1) is 65.6. The number of ether oxygens (including phenoxy) is 2. The van der Waals surface area contributed by atoms with E-state index in [-0.39, 0.29) is 12.8 Å². The molecule has 0 aromatic carbocycles. The molecule has 0 aromatic heterocycles. The molecule has 0 amide bonds. The number of rotatable bonds is 46. The molecular weight excluding hydrogens is 912 g/mol. The van der Waals surface area contributed by atoms with Gasteiger partial charge in [0, 0.05) is 12.8 Å². The quantitative estimate of drug-likeness (QED) is 0.0145. The zero-order chi connectivity index (χ0) is 51.3. The van der Waals surface area contributed by atoms with Gasteiger partial charge in [-0.3, -0.25) is 18.6 Å². The maximum Gasteiger partial charge on any atom is 0.472 e. The predicted octanol–water partition coefficient (Wildman–Crippen LogP) is 12.5. The molecule has 13 nitrogen and oxygen atoms in total. The molecule has 0 aromatic rings. The van der Waals surface area contributed by atoms with Crippen molar-refractivity contribution in [1.29, 1.82) is 0 Å². The average Bonchev–Trinajstić information content (AvgIpc) is 3.34. The second-order valence-corrected chi connectivity index (χ2v) is 20.5. The minimum Gasteiger partial charge on any atom is -0.462 e. The molecule has 1 fully saturated rings. The van der Waals surface area contributed by atoms with E-state index < -0.39 is 75.7 Å². The van der Waals surface area contributed by atoms with Crippen LogP contribution in [0, 0.1) is 0 Å². The predicted molar refractivity (Wildman–Crippen MR) is 281 cm³/mol. The normalized spacial score (nSPS) is 21.2. The molecule has 1 aliphatic carbocycles. The van der Waals surface area contributed by atoms with Crippen LogP contribution in [0.1, 0.15) is 226 Å². The number of esters is 2. The first-order chi connectivity index (χ1) is 33.9. The van der Waals surface area contributed by atoms with Gasteiger partial charge in [-0.2, -0.15) is 0 Å². The molecule has 406 valence electrons. The Morgan fingerprint density at radius 2 is 0.800 bits per heavy atom. The Morgan fingerprint density at radius 3 is 1.23 bits per heavy atom. The molecule has 6 N–H and O–H groups in total. The molecule has 6 unspecified atom stereocenters. The molecule has 0 bridgehead atoms. The van der Waals surface area contributed by atoms with E-state index >= 15 is 0 Å². The minimum atomic E-state index is -5.15. The molecule has 0 spiro atoms. The topological polar surface area (TPSA) is 210 Å². The number of phosphoric ester groups is 1. The standard InChI is InChI=1S/C56H99O13P/c1-3-5-7-9-11-13-15-17-19-21-23-24-25-27-28-30-32-34-36-38-40-42-44-49(57)66-46-48(47-67-70(64,65)69-56-54(62)52(60)51(59)53(61)55(56)63)68-50(58)45-43-41-39-37-35-33-31-29-26-22-20-18-16-14-12-10-8-6-4-2/h12,14,18,20,26,29,33,35,39,41,48,51-56,59-63H,3-11,13,15-17,19,21-25,27-28,30-32,34,36-38,40,42-47H2,1-2H3,(H,64,65)/b14-12+,20-18+,29-26+,35-33+,41-39+/t48-,51?,52-,53?,54?,55?,56?/m0/s1. The Balaban J connectivity index is 2.40. The van der Waals surface area contributed by atoms with Crippen molar-refractivity contribution in [2.45, 2.75) is 268 Å². The van der Waals surface area contributed by atoms with Gasteiger partial charge in [-0.25, -0.2) is 4.57 Å². The lowest BCUT2D eigenvalue weighted by atomic mass is 9.85. The van der Waals surface area contributed by atoms with Gasteiger partial charge in [0.2, 0.25) is 0 Å². The summed E-state index contributed by atoms with van der Waals surface area (Å²) in [6, 6.07) is 0. The monoisotopic (exact) mass is 1010 g/mol. The van der Waals surface area contributed by atoms with Crippen molar-refractivity contribution in [3.8, 4) is 0 Å². The van der Waals surface area contributed by atoms with Crippen molar-refractivity contribution in [2.75, 3.05) is 13.2 Å². The Hall–Kier alpha value is -2.45. The number of allylic oxidation sites excluding steroid dienone is 10. The second-order valence-electron chi connectivity index (χ2n) is 19.1. The summed E-state index contributed by atoms with van der Waals surface area (Å²) in [7, 11) is -5.15. The number of aliphatic hydroxyl groups excluding tert-OH is 5. The van der Waals surface area contributed by atoms with E-state index in [1.54, 1.807) is 0 Å². The van der Waals surface area contributed by atoms with Gasteiger partial charge in [0.15, 0.2) is 6.10 Å². The zero-order valence-electron chi connectivity index (χ0n) is 43.6. The molecule has 0 aliphatic heterocycles. The van der Waals surface area contributed by atoms with Gasteiger partial charge in [0.25, 0.3) is 0 Å². The van der Waals surface area contributed by atoms with Crippen LogP contribution in [0.25, 0.3) is 0 Å². The lowest BCUT2D eigenvalue weighted by Gasteiger charge is -2.41. The lowest BCUT2D eigenvalue weighted by Crippen LogP contribution is -2.64. The summed E-state index contributed by atoms with van der Waals surface area (Å²) in [6.07, 6.45) is 44.3. The van der Waals surface area contributed by atoms with Crippen LogP contribution in [0.4, 0.5) is 0 Å². The third kappa shape index (κ3) is 36.5. The summed E-state index contributed by atoms with van der Waals surface area (Å²) >= 11 is 0. The molecule has 14 heteroatoms. The number of carbonyl (C=O) groups is 2. The van der Waals surface area contributed by atoms with E-state index in [1.807, 2.05) is 18.2 Å². The van der Waals surface area contributed by atoms with Crippen LogP contribution in [-0.2, 0) is 32.7 Å². The molecule has 70 heavy (non-hydrogen) atoms. The Labute approximate surface area is 423 Å². The first-order valence-electron chi connectivity index (χ1n) is 27.6. The van der Waals surface area contributed by atoms with E-state index in [1.165, 1.54) is 135 Å². The Bertz CT molecular complexity index is 1450. The van der Waals surface area contributed by atoms with Gasteiger partial charge < -0.3 is 39.9 Å². The van der Waals surface area contributed by atoms with E-state index in [0.717, 1.165) is 44.9 Å². The van der Waals surface area contributed by atoms with E-state index in [4.69, 9.17) is 18.5 Å². The molecular formula is C56H99O13P. The number of carbonyl (C=O) groups excluding carboxylic acids is 2. The number of hydrogen-bond donors (Lipinski definition) is 6. The van der Waals surface area contributed by atoms with E-state index in [9.17, 15) is 44.6 Å². The Morgan fingerprint density at radius 1 is 0.443 bits per heavy atom. The molecule has 0 radical (unpaired) electrons. The van der Waals surface area contributed by atoms with Crippen molar-refractivity contribution in [2.24, 2.45) is 0 Å². The largest absolute Gasteiger partial charge is 0.472 e. The van der Waals surface area contributed by atoms with Gasteiger partial charge in [-0.05, 0) is 51.4 Å². The summed E-state index contributed by atoms with van der Waals surface area (Å²) in [5, 5.41) is 50.3. The molecule has 8 atom stereocenters. The first-order valence-corrected chi connectivity index (χ1v) is 29.1. The summed E-state index contributed by atoms with van der Waals surface area (Å²) in [4.78, 5) is 35.9. The van der Waals surface area contributed by atoms with Crippen LogP contribution in [0.15, 0.2) is 60.8 Å². The van der Waals surface area contributed by atoms with Crippen LogP contribution >= 0.6 is 7.82 Å². The third-order valence-electron chi connectivity index (χ3n) is 12.6. The SMILES string of the molecule is CCCCC/C=C/C/C=C/C/C=C/C/C=C/C/C=C/CCC(=O)O[C@@H](COC(=O)CCCCCCCCCCCCCCCCCCCCCCCC)COP(=O)(O)OC1C(O)C(O)C(O)[C@H](O)C1O. The molecule has 1 rings (SSSR count). The average molecular weight is 1010 g/mol. The van der Waals surface area contributed by atoms with Crippen molar-refractivity contribution in [3.63, 3.8) is 0 Å². The van der Waals surface area contributed by atoms with Gasteiger partial charge in [-0.1, -0.05) is 222 Å². The van der Waals surface area contributed by atoms with Crippen LogP contribution < -0.4 is 0 Å². The summed E-state index contributed by atoms with van der Waals surface area (Å²) in [5.41, 5.74) is 0. The van der Waals surface area contributed by atoms with Crippen molar-refractivity contribution >= 4 is 19.8 Å². The van der Waals surface area contributed by atoms with Gasteiger partial charge >= 0.3 is 19.8 Å². The summed E-state index contributed by atoms with van der Waals surface area (Å²) < 4.78 is 33.6. The second kappa shape index (κ2) is 45.2. The van der Waals surface area contributed by atoms with Crippen LogP contribution in [-0.4, -0.2) is 98.3 Å². The summed E-state index contributed by atoms with van der Waals surface area (Å²) in [5.74, 6) is -1.19. The lowest BCUT2D eigenvalue weighted by molar-refractivity contribution is -0.220. The van der Waals surface area contributed by atoms with Crippen LogP contribution in [0.5, 0.6) is 0 Å². The third-order valence-corrected chi connectivity index (χ3v) is 13.6. The Kier molecular flexibility index (Phi) is 42.3. The van der Waals surface area contributed by atoms with Gasteiger partial charge in [0.05, 0.1) is 6.61 Å². The number of aliphatic hydroxyl groups is 5. The zero-order valence-corrected chi connectivity index (χ0v) is 44.4. The van der Waals surface area contributed by atoms with E-state index in [2.05, 4.69) is 56.4 Å². The maximum atomic E-state index is 12.9. The van der Waals surface area contributed by atoms with Crippen LogP contribution in [0.3, 0.4) is 0 Å². The fourth-order valence-electron chi connectivity index (χ4n) is 8.21. The molecule has 0 saturated heterocycles. The molecule has 1 aliphatic rings. The van der Waals surface area contributed by atoms with E-state index in [0.29, 0.717) is 19.3 Å². The highest BCUT2D eigenvalue weighted by Crippen LogP contribution is 2.47. The number of phosphoric acid groups is 1. The fraction of sp³-hybridized carbons (Fsp3) is 0.786. The number of hydrogen-bond acceptors (Lipinski definition) is 12. The molecule has 0 heterocycles. The minimum absolute atomic E-state index is 0.0269. The summed E-state index contributed by atoms with van der Waals surface area (Å²) in [6.45, 7) is 3.25. The van der Waals surface area contributed by atoms with Gasteiger partial charge in [-0.15, -0.1) is 0 Å². The smallest absolute Gasteiger partial charge is 0.462 e. The fourth-order valence-corrected chi connectivity index (χ4v) is 9.19. The van der Waals surface area contributed by atoms with Crippen LogP contribution in [0.2, 0.25) is 0 Å². The highest BCUT2D eigenvalue weighted by Gasteiger charge is 2.51. The maximum absolute atomic E-state index is 12.9. The highest BCUT2D eigenvalue weighted by molar-refractivity contribution is 7.47. The van der Waals surface area contributed by atoms with Crippen molar-refractivity contribution < 1.29 is 63.1 Å². The van der Waals surface area contributed by atoms with Gasteiger partial charge in [0.1, 0.15) is 43.2 Å². The van der Waals surface area contributed by atoms with Crippen molar-refractivity contribution in [1.82, 2.24) is 0 Å². The van der Waals surface area contributed by atoms with Crippen molar-refractivity contribution in [3.05, 3.63) is 60.8 Å². The highest BCUT2D eigenvalue weighted by atomic mass is 31.2. The number of unbranched alkanes of at least 4 members (excludes halogenated alkanes) is 24. The molecule has 1 saturated carbocycles.